The molecule has 0 aliphatic rings. The number of primary amides is 1. The van der Waals surface area contributed by atoms with E-state index in [4.69, 9.17) is 10.5 Å². The van der Waals surface area contributed by atoms with Crippen LogP contribution in [0.5, 0.6) is 5.75 Å². The van der Waals surface area contributed by atoms with E-state index in [1.54, 1.807) is 6.07 Å². The maximum Gasteiger partial charge on any atom is 0.250 e. The third kappa shape index (κ3) is 6.02. The molecular weight excluding hydrogens is 394 g/mol. The number of aromatic nitrogens is 1. The molecule has 2 aromatic rings. The number of carbonyl (C=O) groups excluding carboxylic acids is 1. The Morgan fingerprint density at radius 2 is 2.08 bits per heavy atom. The minimum atomic E-state index is -0.498. The lowest BCUT2D eigenvalue weighted by atomic mass is 10.1. The number of aryl methyl sites for hydroxylation is 1. The van der Waals surface area contributed by atoms with Crippen molar-refractivity contribution in [2.75, 3.05) is 11.9 Å². The molecule has 0 unspecified atom stereocenters. The molecule has 0 radical (unpaired) electrons. The summed E-state index contributed by atoms with van der Waals surface area (Å²) in [6, 6.07) is 7.86. The van der Waals surface area contributed by atoms with Gasteiger partial charge in [-0.15, -0.1) is 0 Å². The summed E-state index contributed by atoms with van der Waals surface area (Å²) in [6.07, 6.45) is 6.19. The fourth-order valence-corrected chi connectivity index (χ4v) is 3.02. The SMILES string of the molecule is CCCCCCOc1cc(C)ccc1CNc1ncc(C(N)=O)cc1Br. The number of hydrogen-bond donors (Lipinski definition) is 2. The van der Waals surface area contributed by atoms with Crippen LogP contribution in [0.3, 0.4) is 0 Å². The molecule has 26 heavy (non-hydrogen) atoms. The highest BCUT2D eigenvalue weighted by Gasteiger charge is 2.09. The monoisotopic (exact) mass is 419 g/mol. The molecule has 140 valence electrons. The molecule has 6 heteroatoms. The normalized spacial score (nSPS) is 10.6. The topological polar surface area (TPSA) is 77.2 Å². The second-order valence-corrected chi connectivity index (χ2v) is 7.15. The number of ether oxygens (including phenoxy) is 1. The molecule has 1 aromatic heterocycles. The molecule has 0 atom stereocenters. The van der Waals surface area contributed by atoms with Crippen LogP contribution in [-0.2, 0) is 6.54 Å². The van der Waals surface area contributed by atoms with Crippen molar-refractivity contribution in [3.8, 4) is 5.75 Å². The van der Waals surface area contributed by atoms with Gasteiger partial charge in [0.15, 0.2) is 0 Å². The fraction of sp³-hybridized carbons (Fsp3) is 0.400. The van der Waals surface area contributed by atoms with Gasteiger partial charge in [-0.05, 0) is 47.0 Å². The maximum absolute atomic E-state index is 11.2. The lowest BCUT2D eigenvalue weighted by Gasteiger charge is -2.14. The van der Waals surface area contributed by atoms with Crippen molar-refractivity contribution in [1.82, 2.24) is 4.98 Å². The Labute approximate surface area is 163 Å². The summed E-state index contributed by atoms with van der Waals surface area (Å²) >= 11 is 3.42. The number of halogens is 1. The first kappa shape index (κ1) is 20.2. The molecule has 0 saturated heterocycles. The zero-order valence-electron chi connectivity index (χ0n) is 15.3. The van der Waals surface area contributed by atoms with Gasteiger partial charge in [0.25, 0.3) is 0 Å². The zero-order chi connectivity index (χ0) is 18.9. The van der Waals surface area contributed by atoms with Crippen LogP contribution in [0.4, 0.5) is 5.82 Å². The molecule has 5 nitrogen and oxygen atoms in total. The van der Waals surface area contributed by atoms with E-state index in [9.17, 15) is 4.79 Å². The van der Waals surface area contributed by atoms with Gasteiger partial charge >= 0.3 is 0 Å². The van der Waals surface area contributed by atoms with E-state index in [1.165, 1.54) is 31.0 Å². The van der Waals surface area contributed by atoms with Crippen molar-refractivity contribution in [2.24, 2.45) is 5.73 Å². The van der Waals surface area contributed by atoms with Crippen LogP contribution < -0.4 is 15.8 Å². The molecule has 1 amide bonds. The smallest absolute Gasteiger partial charge is 0.250 e. The minimum Gasteiger partial charge on any atom is -0.493 e. The highest BCUT2D eigenvalue weighted by molar-refractivity contribution is 9.10. The molecule has 0 saturated carbocycles. The lowest BCUT2D eigenvalue weighted by molar-refractivity contribution is 0.1000. The lowest BCUT2D eigenvalue weighted by Crippen LogP contribution is -2.12. The van der Waals surface area contributed by atoms with Crippen molar-refractivity contribution >= 4 is 27.7 Å². The Morgan fingerprint density at radius 3 is 2.77 bits per heavy atom. The van der Waals surface area contributed by atoms with Gasteiger partial charge in [0, 0.05) is 18.3 Å². The predicted octanol–water partition coefficient (Wildman–Crippen LogP) is 4.82. The average Bonchev–Trinajstić information content (AvgIpc) is 2.61. The highest BCUT2D eigenvalue weighted by atomic mass is 79.9. The van der Waals surface area contributed by atoms with E-state index < -0.39 is 5.91 Å². The van der Waals surface area contributed by atoms with Crippen molar-refractivity contribution in [1.29, 1.82) is 0 Å². The molecule has 1 aromatic carbocycles. The Balaban J connectivity index is 2.01. The number of nitrogens with zero attached hydrogens (tertiary/aromatic N) is 1. The van der Waals surface area contributed by atoms with Crippen molar-refractivity contribution in [3.05, 3.63) is 51.6 Å². The van der Waals surface area contributed by atoms with E-state index in [1.807, 2.05) is 0 Å². The van der Waals surface area contributed by atoms with Crippen molar-refractivity contribution in [2.45, 2.75) is 46.1 Å². The Hall–Kier alpha value is -2.08. The second-order valence-electron chi connectivity index (χ2n) is 6.29. The van der Waals surface area contributed by atoms with E-state index >= 15 is 0 Å². The number of nitrogens with one attached hydrogen (secondary N) is 1. The number of amides is 1. The third-order valence-corrected chi connectivity index (χ3v) is 4.65. The molecule has 0 spiro atoms. The summed E-state index contributed by atoms with van der Waals surface area (Å²) in [5, 5.41) is 3.28. The zero-order valence-corrected chi connectivity index (χ0v) is 16.9. The molecule has 1 heterocycles. The quantitative estimate of drug-likeness (QED) is 0.540. The Kier molecular flexibility index (Phi) is 7.91. The number of pyridine rings is 1. The number of carbonyl (C=O) groups is 1. The fourth-order valence-electron chi connectivity index (χ4n) is 2.53. The van der Waals surface area contributed by atoms with Crippen LogP contribution >= 0.6 is 15.9 Å². The van der Waals surface area contributed by atoms with Crippen LogP contribution in [0.1, 0.15) is 54.1 Å². The second kappa shape index (κ2) is 10.2. The van der Waals surface area contributed by atoms with Gasteiger partial charge in [-0.3, -0.25) is 4.79 Å². The molecule has 3 N–H and O–H groups in total. The Bertz CT molecular complexity index is 750. The third-order valence-electron chi connectivity index (χ3n) is 4.05. The van der Waals surface area contributed by atoms with E-state index in [0.29, 0.717) is 22.4 Å². The standard InChI is InChI=1S/C20H26BrN3O2/c1-3-4-5-6-9-26-18-10-14(2)7-8-15(18)12-23-20-17(21)11-16(13-24-20)19(22)25/h7-8,10-11,13H,3-6,9,12H2,1-2H3,(H2,22,25)(H,23,24). The molecule has 0 aliphatic carbocycles. The number of rotatable bonds is 10. The van der Waals surface area contributed by atoms with Crippen molar-refractivity contribution < 1.29 is 9.53 Å². The van der Waals surface area contributed by atoms with Gasteiger partial charge in [-0.2, -0.15) is 0 Å². The number of anilines is 1. The van der Waals surface area contributed by atoms with Crippen LogP contribution in [-0.4, -0.2) is 17.5 Å². The first-order valence-corrected chi connectivity index (χ1v) is 9.72. The van der Waals surface area contributed by atoms with Gasteiger partial charge in [0.2, 0.25) is 5.91 Å². The molecule has 0 bridgehead atoms. The Morgan fingerprint density at radius 1 is 1.27 bits per heavy atom. The van der Waals surface area contributed by atoms with E-state index in [2.05, 4.69) is 58.3 Å². The van der Waals surface area contributed by atoms with Crippen LogP contribution in [0.25, 0.3) is 0 Å². The van der Waals surface area contributed by atoms with Crippen LogP contribution in [0.2, 0.25) is 0 Å². The highest BCUT2D eigenvalue weighted by Crippen LogP contribution is 2.25. The van der Waals surface area contributed by atoms with Crippen molar-refractivity contribution in [3.63, 3.8) is 0 Å². The van der Waals surface area contributed by atoms with Crippen LogP contribution in [0, 0.1) is 6.92 Å². The van der Waals surface area contributed by atoms with E-state index in [-0.39, 0.29) is 0 Å². The number of nitrogens with two attached hydrogens (primary N) is 1. The van der Waals surface area contributed by atoms with Gasteiger partial charge in [-0.25, -0.2) is 4.98 Å². The number of benzene rings is 1. The summed E-state index contributed by atoms with van der Waals surface area (Å²) in [6.45, 7) is 5.56. The summed E-state index contributed by atoms with van der Waals surface area (Å²) < 4.78 is 6.70. The summed E-state index contributed by atoms with van der Waals surface area (Å²) in [5.74, 6) is 1.06. The van der Waals surface area contributed by atoms with Gasteiger partial charge < -0.3 is 15.8 Å². The van der Waals surface area contributed by atoms with Gasteiger partial charge in [-0.1, -0.05) is 38.3 Å². The predicted molar refractivity (Wildman–Crippen MR) is 109 cm³/mol. The molecule has 0 aliphatic heterocycles. The van der Waals surface area contributed by atoms with Crippen LogP contribution in [0.15, 0.2) is 34.9 Å². The van der Waals surface area contributed by atoms with Gasteiger partial charge in [0.05, 0.1) is 16.6 Å². The molecule has 0 fully saturated rings. The average molecular weight is 420 g/mol. The molecular formula is C20H26BrN3O2. The first-order chi connectivity index (χ1) is 12.5. The first-order valence-electron chi connectivity index (χ1n) is 8.92. The minimum absolute atomic E-state index is 0.369. The number of hydrogen-bond acceptors (Lipinski definition) is 4. The largest absolute Gasteiger partial charge is 0.493 e. The van der Waals surface area contributed by atoms with E-state index in [0.717, 1.165) is 24.3 Å². The summed E-state index contributed by atoms with van der Waals surface area (Å²) in [7, 11) is 0. The summed E-state index contributed by atoms with van der Waals surface area (Å²) in [5.41, 5.74) is 7.88. The van der Waals surface area contributed by atoms with Gasteiger partial charge in [0.1, 0.15) is 11.6 Å². The molecule has 2 rings (SSSR count). The maximum atomic E-state index is 11.2. The number of unbranched alkanes of at least 4 members (excludes halogenated alkanes) is 3. The summed E-state index contributed by atoms with van der Waals surface area (Å²) in [4.78, 5) is 15.5.